The molecule has 2 aliphatic heterocycles. The van der Waals surface area contributed by atoms with Gasteiger partial charge in [0.2, 0.25) is 10.8 Å². The molecule has 0 N–H and O–H groups in total. The number of imide groups is 6. The molecule has 9 aromatic rings. The number of amides is 6. The molecule has 498 valence electrons. The fourth-order valence-corrected chi connectivity index (χ4v) is 16.2. The minimum atomic E-state index is -2.91. The lowest BCUT2D eigenvalue weighted by atomic mass is 9.78. The molecular weight excluding hydrogens is 1350 g/mol. The van der Waals surface area contributed by atoms with Crippen molar-refractivity contribution in [2.24, 2.45) is 9.98 Å². The molecule has 0 radical (unpaired) electrons. The summed E-state index contributed by atoms with van der Waals surface area (Å²) in [6.45, 7) is 0.0324. The Balaban J connectivity index is 1.03. The smallest absolute Gasteiger partial charge is 0.424 e. The van der Waals surface area contributed by atoms with E-state index in [0.717, 1.165) is 34.0 Å². The number of hydrogen-bond donors (Lipinski definition) is 0. The van der Waals surface area contributed by atoms with Gasteiger partial charge in [0.1, 0.15) is 79.4 Å². The van der Waals surface area contributed by atoms with Crippen LogP contribution in [0.5, 0.6) is 0 Å². The van der Waals surface area contributed by atoms with E-state index in [2.05, 4.69) is 0 Å². The molecule has 3 aromatic heterocycles. The van der Waals surface area contributed by atoms with Crippen LogP contribution in [-0.2, 0) is 117 Å². The van der Waals surface area contributed by atoms with Gasteiger partial charge in [-0.15, -0.1) is 34.0 Å². The topological polar surface area (TPSA) is 305 Å². The molecule has 0 fully saturated rings. The van der Waals surface area contributed by atoms with Gasteiger partial charge in [0.05, 0.1) is 24.9 Å². The summed E-state index contributed by atoms with van der Waals surface area (Å²) in [4.78, 5) is 160. The fourth-order valence-electron chi connectivity index (χ4n) is 11.9. The Morgan fingerprint density at radius 3 is 1.12 bits per heavy atom. The first-order valence-corrected chi connectivity index (χ1v) is 33.3. The monoisotopic (exact) mass is 1400 g/mol. The first-order chi connectivity index (χ1) is 49.0. The van der Waals surface area contributed by atoms with E-state index in [1.165, 1.54) is 26.0 Å². The summed E-state index contributed by atoms with van der Waals surface area (Å²) in [6, 6.07) is 55.6. The number of esters is 4. The van der Waals surface area contributed by atoms with E-state index >= 15 is 19.2 Å². The third kappa shape index (κ3) is 12.1. The number of ether oxygens (including phenoxy) is 6. The highest BCUT2D eigenvalue weighted by atomic mass is 32.1. The van der Waals surface area contributed by atoms with Crippen molar-refractivity contribution in [3.63, 3.8) is 0 Å². The van der Waals surface area contributed by atoms with Crippen molar-refractivity contribution in [3.8, 4) is 21.9 Å². The van der Waals surface area contributed by atoms with E-state index in [4.69, 9.17) is 38.4 Å². The van der Waals surface area contributed by atoms with Gasteiger partial charge in [-0.25, -0.2) is 19.6 Å². The van der Waals surface area contributed by atoms with E-state index in [1.807, 2.05) is 0 Å². The summed E-state index contributed by atoms with van der Waals surface area (Å²) >= 11 is 2.63. The number of fused-ring (bicyclic) bond motifs is 7. The van der Waals surface area contributed by atoms with Crippen LogP contribution >= 0.6 is 34.0 Å². The van der Waals surface area contributed by atoms with Crippen LogP contribution in [0.2, 0.25) is 0 Å². The van der Waals surface area contributed by atoms with Crippen LogP contribution in [-0.4, -0.2) is 80.9 Å². The van der Waals surface area contributed by atoms with Crippen molar-refractivity contribution in [2.75, 3.05) is 0 Å². The molecule has 5 heterocycles. The second kappa shape index (κ2) is 28.0. The maximum Gasteiger partial charge on any atom is 0.424 e. The fraction of sp³-hybridized carbons (Fsp3) is 0.132. The van der Waals surface area contributed by atoms with Crippen LogP contribution in [0, 0.1) is 22.7 Å². The van der Waals surface area contributed by atoms with Gasteiger partial charge in [-0.3, -0.25) is 38.4 Å². The first-order valence-electron chi connectivity index (χ1n) is 30.9. The van der Waals surface area contributed by atoms with Gasteiger partial charge in [0.25, 0.3) is 23.6 Å². The van der Waals surface area contributed by atoms with Crippen molar-refractivity contribution in [2.45, 2.75) is 64.3 Å². The number of carbonyl (C=O) groups is 10. The molecule has 0 atom stereocenters. The minimum absolute atomic E-state index is 0.0310. The summed E-state index contributed by atoms with van der Waals surface area (Å²) < 4.78 is 36.0. The van der Waals surface area contributed by atoms with Crippen molar-refractivity contribution < 1.29 is 76.4 Å². The zero-order valence-electron chi connectivity index (χ0n) is 53.2. The van der Waals surface area contributed by atoms with E-state index in [9.17, 15) is 39.3 Å². The summed E-state index contributed by atoms with van der Waals surface area (Å²) in [7, 11) is 0. The predicted octanol–water partition coefficient (Wildman–Crippen LogP) is 12.5. The van der Waals surface area contributed by atoms with Crippen molar-refractivity contribution >= 4 is 126 Å². The van der Waals surface area contributed by atoms with Crippen LogP contribution in [0.1, 0.15) is 68.8 Å². The van der Waals surface area contributed by atoms with Crippen LogP contribution in [0.15, 0.2) is 226 Å². The first kappa shape index (κ1) is 66.9. The Bertz CT molecular complexity index is 5110. The number of nitriles is 2. The summed E-state index contributed by atoms with van der Waals surface area (Å²) in [6.07, 6.45) is -1.59. The summed E-state index contributed by atoms with van der Waals surface area (Å²) in [5.74, 6) is -10.3. The molecular formula is C76H50N6O16S3. The number of nitrogens with zero attached hydrogens (tertiary/aromatic N) is 6. The lowest BCUT2D eigenvalue weighted by molar-refractivity contribution is -0.166. The van der Waals surface area contributed by atoms with E-state index in [-0.39, 0.29) is 73.3 Å². The molecule has 6 aromatic carbocycles. The Kier molecular flexibility index (Phi) is 18.6. The lowest BCUT2D eigenvalue weighted by Gasteiger charge is -2.29. The standard InChI is InChI=1S/C76H50N6O16S3/c1-43-51(35-77)65(83)81(73(91)97-41-49-29-17-7-18-30-49)67(85)59(43)79-55-34-54-57(76(55,71(89)95-39-47-25-13-5-14-26-47)72(90)96-40-48-27-15-6-16-28-48)62-64(99-54)58-63(101-62)61-53(75(58,69(87)93-37-45-21-9-3-10-22-45)70(88)94-38-46-23-11-4-12-24-46)33-56(100-61)80-60-44(2)52(36-78)66(84)82(68(60)86)74(92)98-42-50-31-19-8-20-32-50/h3-34H,37-42H2,1-2H3/b79-59+,80-60+. The number of thiophene rings is 3. The van der Waals surface area contributed by atoms with Gasteiger partial charge in [-0.2, -0.15) is 20.3 Å². The van der Waals surface area contributed by atoms with E-state index < -0.39 is 132 Å². The number of aliphatic imine (C=N–C) groups is 2. The lowest BCUT2D eigenvalue weighted by Crippen LogP contribution is -2.51. The second-order valence-corrected chi connectivity index (χ2v) is 26.1. The van der Waals surface area contributed by atoms with Gasteiger partial charge < -0.3 is 28.4 Å². The molecule has 0 unspecified atom stereocenters. The van der Waals surface area contributed by atoms with E-state index in [0.29, 0.717) is 33.4 Å². The van der Waals surface area contributed by atoms with Crippen molar-refractivity contribution in [1.82, 2.24) is 9.80 Å². The molecule has 101 heavy (non-hydrogen) atoms. The minimum Gasteiger partial charge on any atom is -0.459 e. The molecule has 0 saturated carbocycles. The SMILES string of the molecule is CC1=C(C#N)C(=O)N(C(=O)OCc2ccccc2)C(=O)/C1=N/C1=Cc2sc3c4c(sc3c2C1(C(=O)OCc1ccccc1)C(=O)OCc1ccccc1)-c1sc(/N=C2/C(=O)N(C(=O)OCc3ccccc3)C(=O)C(C#N)=C2C)cc1C4(C(=O)OCc1ccccc1)C(=O)OCc1ccccc1. The van der Waals surface area contributed by atoms with Gasteiger partial charge >= 0.3 is 36.1 Å². The third-order valence-corrected chi connectivity index (χ3v) is 20.6. The van der Waals surface area contributed by atoms with Crippen LogP contribution < -0.4 is 0 Å². The maximum absolute atomic E-state index is 16.1. The normalized spacial score (nSPS) is 15.7. The Morgan fingerprint density at radius 2 is 0.752 bits per heavy atom. The van der Waals surface area contributed by atoms with Crippen LogP contribution in [0.25, 0.3) is 25.2 Å². The average molecular weight is 1400 g/mol. The number of carbonyl (C=O) groups excluding carboxylic acids is 10. The van der Waals surface area contributed by atoms with Crippen LogP contribution in [0.4, 0.5) is 14.6 Å². The molecule has 13 rings (SSSR count). The van der Waals surface area contributed by atoms with Crippen molar-refractivity contribution in [3.05, 3.63) is 271 Å². The van der Waals surface area contributed by atoms with Gasteiger partial charge in [0, 0.05) is 32.7 Å². The molecule has 0 spiro atoms. The van der Waals surface area contributed by atoms with Crippen molar-refractivity contribution in [1.29, 1.82) is 10.5 Å². The third-order valence-electron chi connectivity index (χ3n) is 16.9. The average Bonchev–Trinajstić information content (AvgIpc) is 1.50. The Morgan fingerprint density at radius 1 is 0.416 bits per heavy atom. The summed E-state index contributed by atoms with van der Waals surface area (Å²) in [5, 5.41) is 20.8. The number of hydrogen-bond acceptors (Lipinski definition) is 23. The zero-order chi connectivity index (χ0) is 70.7. The highest BCUT2D eigenvalue weighted by Crippen LogP contribution is 2.65. The predicted molar refractivity (Wildman–Crippen MR) is 367 cm³/mol. The molecule has 4 aliphatic rings. The van der Waals surface area contributed by atoms with E-state index in [1.54, 1.807) is 194 Å². The zero-order valence-corrected chi connectivity index (χ0v) is 55.6. The quantitative estimate of drug-likeness (QED) is 0.0333. The molecule has 22 nitrogen and oxygen atoms in total. The molecule has 2 aliphatic carbocycles. The number of benzene rings is 6. The van der Waals surface area contributed by atoms with Gasteiger partial charge in [0.15, 0.2) is 0 Å². The molecule has 25 heteroatoms. The second-order valence-electron chi connectivity index (χ2n) is 23.0. The Hall–Kier alpha value is -12.7. The largest absolute Gasteiger partial charge is 0.459 e. The molecule has 6 amide bonds. The summed E-state index contributed by atoms with van der Waals surface area (Å²) in [5.41, 5.74) is -6.64. The highest BCUT2D eigenvalue weighted by molar-refractivity contribution is 7.33. The van der Waals surface area contributed by atoms with Gasteiger partial charge in [-0.05, 0) is 59.4 Å². The molecule has 0 bridgehead atoms. The molecule has 0 saturated heterocycles. The highest BCUT2D eigenvalue weighted by Gasteiger charge is 2.65. The Labute approximate surface area is 586 Å². The maximum atomic E-state index is 16.1. The van der Waals surface area contributed by atoms with Crippen LogP contribution in [0.3, 0.4) is 0 Å². The number of rotatable bonds is 18. The van der Waals surface area contributed by atoms with Gasteiger partial charge in [-0.1, -0.05) is 182 Å².